The van der Waals surface area contributed by atoms with Gasteiger partial charge in [0.05, 0.1) is 17.5 Å². The van der Waals surface area contributed by atoms with Gasteiger partial charge in [0.25, 0.3) is 5.82 Å². The van der Waals surface area contributed by atoms with Gasteiger partial charge in [0, 0.05) is 5.56 Å². The molecule has 1 aromatic carbocycles. The highest BCUT2D eigenvalue weighted by Gasteiger charge is 2.36. The van der Waals surface area contributed by atoms with Gasteiger partial charge in [-0.25, -0.2) is 9.67 Å². The summed E-state index contributed by atoms with van der Waals surface area (Å²) in [5.74, 6) is -1.36. The van der Waals surface area contributed by atoms with E-state index in [1.54, 1.807) is 0 Å². The van der Waals surface area contributed by atoms with Crippen LogP contribution in [0.4, 0.5) is 26.3 Å². The number of aromatic amines is 1. The van der Waals surface area contributed by atoms with Crippen LogP contribution in [-0.4, -0.2) is 25.0 Å². The predicted octanol–water partition coefficient (Wildman–Crippen LogP) is 4.00. The average Bonchev–Trinajstić information content (AvgIpc) is 3.14. The van der Waals surface area contributed by atoms with Crippen molar-refractivity contribution >= 4 is 0 Å². The van der Waals surface area contributed by atoms with Gasteiger partial charge in [-0.15, -0.1) is 5.10 Å². The van der Waals surface area contributed by atoms with E-state index in [2.05, 4.69) is 20.3 Å². The molecule has 1 N–H and O–H groups in total. The number of hydrogen-bond acceptors (Lipinski definition) is 3. The van der Waals surface area contributed by atoms with Crippen molar-refractivity contribution in [1.29, 1.82) is 0 Å². The lowest BCUT2D eigenvalue weighted by Crippen LogP contribution is -2.09. The van der Waals surface area contributed by atoms with E-state index in [4.69, 9.17) is 0 Å². The number of alkyl halides is 6. The predicted molar refractivity (Wildman–Crippen MR) is 73.7 cm³/mol. The Morgan fingerprint density at radius 2 is 1.72 bits per heavy atom. The molecule has 0 aliphatic carbocycles. The molecule has 0 radical (unpaired) electrons. The molecule has 3 aromatic rings. The number of nitrogens with zero attached hydrogens (tertiary/aromatic N) is 4. The standard InChI is InChI=1S/C14H9F6N5/c1-7-2-8(4-9(3-7)13(15,16)17)11-10(5-22-23-11)25-6-21-12(24-25)14(18,19)20/h2-6H,1H3,(H,22,23). The average molecular weight is 361 g/mol. The van der Waals surface area contributed by atoms with Gasteiger partial charge in [0.1, 0.15) is 12.0 Å². The van der Waals surface area contributed by atoms with Crippen LogP contribution in [0.1, 0.15) is 17.0 Å². The third kappa shape index (κ3) is 3.35. The summed E-state index contributed by atoms with van der Waals surface area (Å²) in [7, 11) is 0. The van der Waals surface area contributed by atoms with Crippen molar-refractivity contribution in [3.05, 3.63) is 47.7 Å². The number of halogens is 6. The lowest BCUT2D eigenvalue weighted by Gasteiger charge is -2.11. The van der Waals surface area contributed by atoms with E-state index in [0.29, 0.717) is 5.56 Å². The van der Waals surface area contributed by atoms with Crippen molar-refractivity contribution in [1.82, 2.24) is 25.0 Å². The SMILES string of the molecule is Cc1cc(-c2[nH]ncc2-n2cnc(C(F)(F)F)n2)cc(C(F)(F)F)c1. The molecule has 2 heterocycles. The van der Waals surface area contributed by atoms with Gasteiger partial charge in [-0.2, -0.15) is 31.4 Å². The summed E-state index contributed by atoms with van der Waals surface area (Å²) in [5, 5.41) is 9.48. The van der Waals surface area contributed by atoms with Crippen LogP contribution in [-0.2, 0) is 12.4 Å². The monoisotopic (exact) mass is 361 g/mol. The normalized spacial score (nSPS) is 12.6. The Hall–Kier alpha value is -2.85. The molecule has 0 aliphatic rings. The summed E-state index contributed by atoms with van der Waals surface area (Å²) in [5.41, 5.74) is -0.295. The van der Waals surface area contributed by atoms with Crippen molar-refractivity contribution < 1.29 is 26.3 Å². The molecule has 11 heteroatoms. The van der Waals surface area contributed by atoms with Gasteiger partial charge in [0.15, 0.2) is 0 Å². The maximum atomic E-state index is 13.0. The largest absolute Gasteiger partial charge is 0.453 e. The summed E-state index contributed by atoms with van der Waals surface area (Å²) in [6.07, 6.45) is -7.32. The van der Waals surface area contributed by atoms with Crippen LogP contribution >= 0.6 is 0 Å². The number of rotatable bonds is 2. The zero-order chi connectivity index (χ0) is 18.4. The van der Waals surface area contributed by atoms with Crippen LogP contribution in [0.25, 0.3) is 16.9 Å². The summed E-state index contributed by atoms with van der Waals surface area (Å²) < 4.78 is 77.6. The molecule has 25 heavy (non-hydrogen) atoms. The van der Waals surface area contributed by atoms with E-state index >= 15 is 0 Å². The van der Waals surface area contributed by atoms with Crippen molar-refractivity contribution in [3.8, 4) is 16.9 Å². The number of benzene rings is 1. The van der Waals surface area contributed by atoms with Crippen molar-refractivity contribution in [2.45, 2.75) is 19.3 Å². The van der Waals surface area contributed by atoms with Crippen molar-refractivity contribution in [3.63, 3.8) is 0 Å². The Kier molecular flexibility index (Phi) is 3.81. The molecule has 0 atom stereocenters. The summed E-state index contributed by atoms with van der Waals surface area (Å²) in [4.78, 5) is 3.16. The van der Waals surface area contributed by atoms with Crippen LogP contribution in [0.2, 0.25) is 0 Å². The molecule has 0 amide bonds. The molecule has 0 spiro atoms. The second-order valence-corrected chi connectivity index (χ2v) is 5.23. The Morgan fingerprint density at radius 3 is 2.32 bits per heavy atom. The first-order valence-corrected chi connectivity index (χ1v) is 6.77. The van der Waals surface area contributed by atoms with E-state index in [1.807, 2.05) is 0 Å². The number of nitrogens with one attached hydrogen (secondary N) is 1. The lowest BCUT2D eigenvalue weighted by molar-refractivity contribution is -0.144. The van der Waals surface area contributed by atoms with E-state index < -0.39 is 23.7 Å². The van der Waals surface area contributed by atoms with Crippen LogP contribution in [0.3, 0.4) is 0 Å². The number of aromatic nitrogens is 5. The van der Waals surface area contributed by atoms with Crippen LogP contribution in [0, 0.1) is 6.92 Å². The van der Waals surface area contributed by atoms with Gasteiger partial charge < -0.3 is 0 Å². The minimum absolute atomic E-state index is 0.0433. The zero-order valence-corrected chi connectivity index (χ0v) is 12.4. The molecule has 132 valence electrons. The number of H-pyrrole nitrogens is 1. The van der Waals surface area contributed by atoms with Gasteiger partial charge in [0.2, 0.25) is 0 Å². The van der Waals surface area contributed by atoms with Gasteiger partial charge in [-0.05, 0) is 30.7 Å². The Labute approximate surface area is 136 Å². The molecular formula is C14H9F6N5. The van der Waals surface area contributed by atoms with Crippen LogP contribution in [0.15, 0.2) is 30.7 Å². The maximum Gasteiger partial charge on any atom is 0.453 e. The summed E-state index contributed by atoms with van der Waals surface area (Å²) in [6, 6.07) is 3.30. The molecule has 0 unspecified atom stereocenters. The van der Waals surface area contributed by atoms with Crippen LogP contribution in [0.5, 0.6) is 0 Å². The Balaban J connectivity index is 2.09. The first kappa shape index (κ1) is 17.0. The first-order valence-electron chi connectivity index (χ1n) is 6.77. The zero-order valence-electron chi connectivity index (χ0n) is 12.4. The maximum absolute atomic E-state index is 13.0. The topological polar surface area (TPSA) is 59.4 Å². The number of aryl methyl sites for hydroxylation is 1. The first-order chi connectivity index (χ1) is 11.6. The van der Waals surface area contributed by atoms with E-state index in [-0.39, 0.29) is 16.9 Å². The summed E-state index contributed by atoms with van der Waals surface area (Å²) >= 11 is 0. The molecule has 0 bridgehead atoms. The molecular weight excluding hydrogens is 352 g/mol. The lowest BCUT2D eigenvalue weighted by atomic mass is 10.0. The minimum atomic E-state index is -4.73. The number of hydrogen-bond donors (Lipinski definition) is 1. The minimum Gasteiger partial charge on any atom is -0.276 e. The third-order valence-electron chi connectivity index (χ3n) is 3.30. The second kappa shape index (κ2) is 5.60. The quantitative estimate of drug-likeness (QED) is 0.702. The fourth-order valence-corrected chi connectivity index (χ4v) is 2.27. The van der Waals surface area contributed by atoms with Crippen molar-refractivity contribution in [2.24, 2.45) is 0 Å². The van der Waals surface area contributed by atoms with E-state index in [1.165, 1.54) is 13.0 Å². The highest BCUT2D eigenvalue weighted by Crippen LogP contribution is 2.34. The molecule has 0 saturated heterocycles. The van der Waals surface area contributed by atoms with Crippen LogP contribution < -0.4 is 0 Å². The fourth-order valence-electron chi connectivity index (χ4n) is 2.27. The fraction of sp³-hybridized carbons (Fsp3) is 0.214. The molecule has 0 fully saturated rings. The second-order valence-electron chi connectivity index (χ2n) is 5.23. The van der Waals surface area contributed by atoms with Crippen molar-refractivity contribution in [2.75, 3.05) is 0 Å². The third-order valence-corrected chi connectivity index (χ3v) is 3.30. The smallest absolute Gasteiger partial charge is 0.276 e. The Bertz CT molecular complexity index is 905. The molecule has 5 nitrogen and oxygen atoms in total. The summed E-state index contributed by atoms with van der Waals surface area (Å²) in [6.45, 7) is 1.48. The highest BCUT2D eigenvalue weighted by atomic mass is 19.4. The van der Waals surface area contributed by atoms with E-state index in [0.717, 1.165) is 29.3 Å². The molecule has 3 rings (SSSR count). The van der Waals surface area contributed by atoms with Gasteiger partial charge in [-0.1, -0.05) is 0 Å². The van der Waals surface area contributed by atoms with Gasteiger partial charge in [-0.3, -0.25) is 5.10 Å². The van der Waals surface area contributed by atoms with Gasteiger partial charge >= 0.3 is 12.4 Å². The van der Waals surface area contributed by atoms with E-state index in [9.17, 15) is 26.3 Å². The molecule has 2 aromatic heterocycles. The molecule has 0 aliphatic heterocycles. The molecule has 0 saturated carbocycles. The Morgan fingerprint density at radius 1 is 1.00 bits per heavy atom. The highest BCUT2D eigenvalue weighted by molar-refractivity contribution is 5.69.